The Balaban J connectivity index is 1.92. The lowest BCUT2D eigenvalue weighted by Crippen LogP contribution is -2.44. The molecule has 0 aliphatic rings. The van der Waals surface area contributed by atoms with E-state index in [0.717, 1.165) is 20.9 Å². The minimum atomic E-state index is -0.484. The number of carbonyl (C=O) groups is 2. The summed E-state index contributed by atoms with van der Waals surface area (Å²) < 4.78 is 12.8. The molecule has 0 aromatic heterocycles. The zero-order valence-electron chi connectivity index (χ0n) is 19.1. The zero-order valence-corrected chi connectivity index (χ0v) is 22.2. The lowest BCUT2D eigenvalue weighted by atomic mass is 9.87. The van der Waals surface area contributed by atoms with Gasteiger partial charge in [0.25, 0.3) is 11.8 Å². The van der Waals surface area contributed by atoms with Crippen molar-refractivity contribution in [1.82, 2.24) is 10.9 Å². The molecular formula is C24H30Br2N2O4. The molecule has 2 N–H and O–H groups in total. The van der Waals surface area contributed by atoms with E-state index in [1.807, 2.05) is 18.2 Å². The first kappa shape index (κ1) is 26.2. The third-order valence-electron chi connectivity index (χ3n) is 4.61. The molecule has 0 heterocycles. The van der Waals surface area contributed by atoms with Crippen molar-refractivity contribution < 1.29 is 19.1 Å². The van der Waals surface area contributed by atoms with E-state index < -0.39 is 11.8 Å². The van der Waals surface area contributed by atoms with Crippen LogP contribution in [0.5, 0.6) is 11.5 Å². The first-order chi connectivity index (χ1) is 15.0. The van der Waals surface area contributed by atoms with Gasteiger partial charge in [-0.2, -0.15) is 0 Å². The first-order valence-electron chi connectivity index (χ1n) is 10.4. The first-order valence-corrected chi connectivity index (χ1v) is 12.0. The van der Waals surface area contributed by atoms with Crippen molar-refractivity contribution in [3.8, 4) is 11.5 Å². The fourth-order valence-electron chi connectivity index (χ4n) is 2.67. The van der Waals surface area contributed by atoms with Crippen LogP contribution >= 0.6 is 31.9 Å². The molecule has 2 aromatic rings. The summed E-state index contributed by atoms with van der Waals surface area (Å²) in [6.07, 6.45) is 0.873. The van der Waals surface area contributed by atoms with Gasteiger partial charge in [0.2, 0.25) is 0 Å². The minimum Gasteiger partial charge on any atom is -0.493 e. The van der Waals surface area contributed by atoms with Gasteiger partial charge in [-0.25, -0.2) is 0 Å². The van der Waals surface area contributed by atoms with Crippen LogP contribution in [0.4, 0.5) is 0 Å². The Hall–Kier alpha value is -2.06. The number of hydrazine groups is 1. The fourth-order valence-corrected chi connectivity index (χ4v) is 3.52. The van der Waals surface area contributed by atoms with Crippen LogP contribution in [0, 0.1) is 5.92 Å². The minimum absolute atomic E-state index is 0.00644. The largest absolute Gasteiger partial charge is 0.493 e. The molecule has 2 rings (SSSR count). The molecule has 0 fully saturated rings. The van der Waals surface area contributed by atoms with Crippen LogP contribution in [0.25, 0.3) is 0 Å². The highest BCUT2D eigenvalue weighted by Gasteiger charge is 2.17. The maximum Gasteiger partial charge on any atom is 0.276 e. The SMILES string of the molecule is CC(C)CCOc1ccc(Br)cc1C(=O)NNC(=O)COc1ccc(C(C)(C)C)cc1Br. The molecule has 0 bridgehead atoms. The summed E-state index contributed by atoms with van der Waals surface area (Å²) in [6, 6.07) is 10.9. The van der Waals surface area contributed by atoms with Crippen LogP contribution in [0.1, 0.15) is 57.0 Å². The summed E-state index contributed by atoms with van der Waals surface area (Å²) in [6.45, 7) is 10.8. The predicted octanol–water partition coefficient (Wildman–Crippen LogP) is 5.77. The van der Waals surface area contributed by atoms with Crippen LogP contribution in [-0.2, 0) is 10.2 Å². The highest BCUT2D eigenvalue weighted by Crippen LogP contribution is 2.31. The molecule has 2 aromatic carbocycles. The molecule has 0 radical (unpaired) electrons. The molecule has 0 atom stereocenters. The van der Waals surface area contributed by atoms with Crippen molar-refractivity contribution in [2.75, 3.05) is 13.2 Å². The monoisotopic (exact) mass is 568 g/mol. The second-order valence-corrected chi connectivity index (χ2v) is 10.6. The number of carbonyl (C=O) groups excluding carboxylic acids is 2. The van der Waals surface area contributed by atoms with Crippen LogP contribution in [0.2, 0.25) is 0 Å². The number of nitrogens with one attached hydrogen (secondary N) is 2. The van der Waals surface area contributed by atoms with Crippen molar-refractivity contribution in [3.05, 3.63) is 56.5 Å². The van der Waals surface area contributed by atoms with Gasteiger partial charge in [-0.15, -0.1) is 0 Å². The number of amides is 2. The number of ether oxygens (including phenoxy) is 2. The molecule has 8 heteroatoms. The van der Waals surface area contributed by atoms with Crippen molar-refractivity contribution in [3.63, 3.8) is 0 Å². The van der Waals surface area contributed by atoms with E-state index in [1.165, 1.54) is 0 Å². The second kappa shape index (κ2) is 11.7. The van der Waals surface area contributed by atoms with Crippen molar-refractivity contribution in [2.24, 2.45) is 5.92 Å². The summed E-state index contributed by atoms with van der Waals surface area (Å²) in [7, 11) is 0. The van der Waals surface area contributed by atoms with Gasteiger partial charge in [-0.1, -0.05) is 56.6 Å². The molecule has 0 unspecified atom stereocenters. The van der Waals surface area contributed by atoms with E-state index in [2.05, 4.69) is 77.3 Å². The summed E-state index contributed by atoms with van der Waals surface area (Å²) >= 11 is 6.85. The summed E-state index contributed by atoms with van der Waals surface area (Å²) in [4.78, 5) is 24.8. The van der Waals surface area contributed by atoms with E-state index >= 15 is 0 Å². The van der Waals surface area contributed by atoms with Gasteiger partial charge >= 0.3 is 0 Å². The van der Waals surface area contributed by atoms with Gasteiger partial charge in [0.05, 0.1) is 16.6 Å². The lowest BCUT2D eigenvalue weighted by molar-refractivity contribution is -0.123. The molecule has 0 aliphatic heterocycles. The Labute approximate surface area is 206 Å². The normalized spacial score (nSPS) is 11.2. The van der Waals surface area contributed by atoms with E-state index in [-0.39, 0.29) is 12.0 Å². The molecule has 174 valence electrons. The van der Waals surface area contributed by atoms with Crippen LogP contribution < -0.4 is 20.3 Å². The Bertz CT molecular complexity index is 956. The molecule has 0 saturated carbocycles. The topological polar surface area (TPSA) is 76.7 Å². The highest BCUT2D eigenvalue weighted by atomic mass is 79.9. The zero-order chi connectivity index (χ0) is 23.9. The average molecular weight is 570 g/mol. The molecule has 0 aliphatic carbocycles. The average Bonchev–Trinajstić information content (AvgIpc) is 2.71. The summed E-state index contributed by atoms with van der Waals surface area (Å²) in [5, 5.41) is 0. The molecule has 0 spiro atoms. The van der Waals surface area contributed by atoms with Crippen molar-refractivity contribution in [2.45, 2.75) is 46.5 Å². The number of rotatable bonds is 8. The number of hydrogen-bond donors (Lipinski definition) is 2. The predicted molar refractivity (Wildman–Crippen MR) is 133 cm³/mol. The summed E-state index contributed by atoms with van der Waals surface area (Å²) in [5.74, 6) is 0.538. The van der Waals surface area contributed by atoms with Gasteiger partial charge in [0, 0.05) is 4.47 Å². The maximum absolute atomic E-state index is 12.6. The number of hydrogen-bond acceptors (Lipinski definition) is 4. The Morgan fingerprint density at radius 2 is 1.66 bits per heavy atom. The quantitative estimate of drug-likeness (QED) is 0.395. The Kier molecular flexibility index (Phi) is 9.58. The molecule has 2 amide bonds. The molecular weight excluding hydrogens is 540 g/mol. The van der Waals surface area contributed by atoms with Crippen LogP contribution in [-0.4, -0.2) is 25.0 Å². The third-order valence-corrected chi connectivity index (χ3v) is 5.72. The van der Waals surface area contributed by atoms with Gasteiger partial charge in [0.1, 0.15) is 11.5 Å². The maximum atomic E-state index is 12.6. The van der Waals surface area contributed by atoms with Crippen molar-refractivity contribution >= 4 is 43.7 Å². The lowest BCUT2D eigenvalue weighted by Gasteiger charge is -2.20. The van der Waals surface area contributed by atoms with Gasteiger partial charge < -0.3 is 9.47 Å². The smallest absolute Gasteiger partial charge is 0.276 e. The molecule has 0 saturated heterocycles. The van der Waals surface area contributed by atoms with E-state index in [9.17, 15) is 9.59 Å². The third kappa shape index (κ3) is 8.13. The van der Waals surface area contributed by atoms with E-state index in [1.54, 1.807) is 18.2 Å². The molecule has 6 nitrogen and oxygen atoms in total. The van der Waals surface area contributed by atoms with Gasteiger partial charge in [0.15, 0.2) is 6.61 Å². The standard InChI is InChI=1S/C24H30Br2N2O4/c1-15(2)10-11-31-20-9-7-17(25)13-18(20)23(30)28-27-22(29)14-32-21-8-6-16(12-19(21)26)24(3,4)5/h6-9,12-13,15H,10-11,14H2,1-5H3,(H,27,29)(H,28,30). The number of halogens is 2. The number of benzene rings is 2. The highest BCUT2D eigenvalue weighted by molar-refractivity contribution is 9.10. The fraction of sp³-hybridized carbons (Fsp3) is 0.417. The Morgan fingerprint density at radius 3 is 2.28 bits per heavy atom. The Morgan fingerprint density at radius 1 is 0.969 bits per heavy atom. The summed E-state index contributed by atoms with van der Waals surface area (Å²) in [5.41, 5.74) is 6.27. The van der Waals surface area contributed by atoms with E-state index in [0.29, 0.717) is 29.6 Å². The van der Waals surface area contributed by atoms with E-state index in [4.69, 9.17) is 9.47 Å². The van der Waals surface area contributed by atoms with Crippen LogP contribution in [0.3, 0.4) is 0 Å². The van der Waals surface area contributed by atoms with Crippen molar-refractivity contribution in [1.29, 1.82) is 0 Å². The van der Waals surface area contributed by atoms with Crippen LogP contribution in [0.15, 0.2) is 45.3 Å². The second-order valence-electron chi connectivity index (χ2n) is 8.86. The van der Waals surface area contributed by atoms with Gasteiger partial charge in [-0.3, -0.25) is 20.4 Å². The van der Waals surface area contributed by atoms with Gasteiger partial charge in [-0.05, 0) is 69.6 Å². The molecule has 32 heavy (non-hydrogen) atoms.